The molecule has 1 aliphatic heterocycles. The fourth-order valence-corrected chi connectivity index (χ4v) is 4.74. The van der Waals surface area contributed by atoms with Gasteiger partial charge in [-0.15, -0.1) is 0 Å². The van der Waals surface area contributed by atoms with Crippen molar-refractivity contribution in [2.24, 2.45) is 0 Å². The minimum atomic E-state index is -0.483. The van der Waals surface area contributed by atoms with Crippen LogP contribution in [-0.4, -0.2) is 32.3 Å². The quantitative estimate of drug-likeness (QED) is 0.445. The lowest BCUT2D eigenvalue weighted by Crippen LogP contribution is -2.32. The number of carbonyl (C=O) groups excluding carboxylic acids is 1. The van der Waals surface area contributed by atoms with Crippen LogP contribution in [0.4, 0.5) is 5.95 Å². The molecule has 1 unspecified atom stereocenters. The van der Waals surface area contributed by atoms with Crippen LogP contribution >= 0.6 is 15.9 Å². The molecule has 176 valence electrons. The molecule has 8 nitrogen and oxygen atoms in total. The number of rotatable bonds is 6. The summed E-state index contributed by atoms with van der Waals surface area (Å²) in [6.07, 6.45) is 5.18. The molecule has 0 bridgehead atoms. The second-order valence-electron chi connectivity index (χ2n) is 8.66. The fourth-order valence-electron chi connectivity index (χ4n) is 4.48. The molecule has 1 aromatic heterocycles. The number of hydrogen-bond acceptors (Lipinski definition) is 7. The average Bonchev–Trinajstić information content (AvgIpc) is 3.32. The largest absolute Gasteiger partial charge is 0.489 e. The predicted molar refractivity (Wildman–Crippen MR) is 130 cm³/mol. The Morgan fingerprint density at radius 1 is 1.09 bits per heavy atom. The first-order valence-electron chi connectivity index (χ1n) is 11.5. The van der Waals surface area contributed by atoms with Crippen molar-refractivity contribution in [3.05, 3.63) is 75.4 Å². The van der Waals surface area contributed by atoms with Crippen LogP contribution in [0.25, 0.3) is 0 Å². The summed E-state index contributed by atoms with van der Waals surface area (Å²) in [6, 6.07) is 15.2. The van der Waals surface area contributed by atoms with E-state index in [9.17, 15) is 4.79 Å². The number of nitrogens with zero attached hydrogens (tertiary/aromatic N) is 4. The first kappa shape index (κ1) is 22.6. The first-order valence-corrected chi connectivity index (χ1v) is 12.3. The van der Waals surface area contributed by atoms with Crippen LogP contribution in [-0.2, 0) is 16.1 Å². The second kappa shape index (κ2) is 9.97. The van der Waals surface area contributed by atoms with Crippen molar-refractivity contribution in [2.45, 2.75) is 57.8 Å². The Kier molecular flexibility index (Phi) is 6.62. The number of allylic oxidation sites excluding steroid dienone is 1. The van der Waals surface area contributed by atoms with E-state index in [-0.39, 0.29) is 12.1 Å². The molecule has 3 aromatic rings. The third kappa shape index (κ3) is 4.84. The van der Waals surface area contributed by atoms with Gasteiger partial charge < -0.3 is 14.8 Å². The minimum absolute atomic E-state index is 0.0353. The number of esters is 1. The van der Waals surface area contributed by atoms with Crippen LogP contribution in [0.1, 0.15) is 56.2 Å². The van der Waals surface area contributed by atoms with Crippen molar-refractivity contribution < 1.29 is 14.3 Å². The van der Waals surface area contributed by atoms with Gasteiger partial charge in [0.05, 0.1) is 5.57 Å². The van der Waals surface area contributed by atoms with Crippen molar-refractivity contribution in [2.75, 3.05) is 5.32 Å². The van der Waals surface area contributed by atoms with Gasteiger partial charge in [-0.2, -0.15) is 4.68 Å². The van der Waals surface area contributed by atoms with Crippen molar-refractivity contribution in [3.8, 4) is 5.75 Å². The van der Waals surface area contributed by atoms with E-state index in [0.717, 1.165) is 47.0 Å². The van der Waals surface area contributed by atoms with Gasteiger partial charge in [-0.05, 0) is 78.4 Å². The zero-order chi connectivity index (χ0) is 23.5. The molecule has 0 saturated heterocycles. The molecule has 5 rings (SSSR count). The summed E-state index contributed by atoms with van der Waals surface area (Å²) in [4.78, 5) is 13.3. The van der Waals surface area contributed by atoms with Crippen molar-refractivity contribution >= 4 is 27.8 Å². The van der Waals surface area contributed by atoms with Crippen molar-refractivity contribution in [1.29, 1.82) is 0 Å². The third-order valence-corrected chi connectivity index (χ3v) is 6.80. The van der Waals surface area contributed by atoms with Gasteiger partial charge in [0.2, 0.25) is 5.95 Å². The van der Waals surface area contributed by atoms with Gasteiger partial charge in [0, 0.05) is 10.2 Å². The number of carbonyl (C=O) groups is 1. The molecule has 2 aliphatic rings. The van der Waals surface area contributed by atoms with Gasteiger partial charge in [-0.1, -0.05) is 51.7 Å². The standard InChI is InChI=1S/C25H26BrN5O3/c1-16-22(24(32)34-21-5-3-2-4-6-21)23(31-25(27-16)28-29-30-31)18-9-13-20(14-10-18)33-15-17-7-11-19(26)12-8-17/h7-14,21,23H,2-6,15H2,1H3,(H,27,28,30). The van der Waals surface area contributed by atoms with Crippen molar-refractivity contribution in [3.63, 3.8) is 0 Å². The molecule has 1 fully saturated rings. The van der Waals surface area contributed by atoms with Crippen LogP contribution in [0.2, 0.25) is 0 Å². The van der Waals surface area contributed by atoms with E-state index in [1.165, 1.54) is 6.42 Å². The Bertz CT molecular complexity index is 1180. The number of aromatic nitrogens is 4. The molecule has 0 spiro atoms. The third-order valence-electron chi connectivity index (χ3n) is 6.27. The highest BCUT2D eigenvalue weighted by atomic mass is 79.9. The number of hydrogen-bond donors (Lipinski definition) is 1. The Morgan fingerprint density at radius 3 is 2.56 bits per heavy atom. The van der Waals surface area contributed by atoms with Crippen LogP contribution < -0.4 is 10.1 Å². The van der Waals surface area contributed by atoms with Crippen molar-refractivity contribution in [1.82, 2.24) is 20.2 Å². The summed E-state index contributed by atoms with van der Waals surface area (Å²) in [5.74, 6) is 0.912. The van der Waals surface area contributed by atoms with E-state index < -0.39 is 6.04 Å². The maximum atomic E-state index is 13.3. The van der Waals surface area contributed by atoms with Gasteiger partial charge in [0.15, 0.2) is 0 Å². The molecular weight excluding hydrogens is 498 g/mol. The molecule has 9 heteroatoms. The molecule has 1 atom stereocenters. The molecule has 1 N–H and O–H groups in total. The van der Waals surface area contributed by atoms with Gasteiger partial charge in [0.1, 0.15) is 24.5 Å². The van der Waals surface area contributed by atoms with Crippen LogP contribution in [0, 0.1) is 0 Å². The normalized spacial score (nSPS) is 18.2. The lowest BCUT2D eigenvalue weighted by molar-refractivity contribution is -0.146. The highest BCUT2D eigenvalue weighted by Gasteiger charge is 2.36. The van der Waals surface area contributed by atoms with E-state index in [2.05, 4.69) is 36.8 Å². The molecule has 1 saturated carbocycles. The molecule has 1 aliphatic carbocycles. The Labute approximate surface area is 206 Å². The highest BCUT2D eigenvalue weighted by Crippen LogP contribution is 2.36. The van der Waals surface area contributed by atoms with E-state index in [1.807, 2.05) is 55.5 Å². The SMILES string of the molecule is CC1=C(C(=O)OC2CCCCC2)C(c2ccc(OCc3ccc(Br)cc3)cc2)n2nnnc2N1. The van der Waals surface area contributed by atoms with Crippen LogP contribution in [0.5, 0.6) is 5.75 Å². The van der Waals surface area contributed by atoms with E-state index in [4.69, 9.17) is 9.47 Å². The minimum Gasteiger partial charge on any atom is -0.489 e. The summed E-state index contributed by atoms with van der Waals surface area (Å²) in [5.41, 5.74) is 3.17. The van der Waals surface area contributed by atoms with Gasteiger partial charge in [0.25, 0.3) is 0 Å². The summed E-state index contributed by atoms with van der Waals surface area (Å²) in [6.45, 7) is 2.33. The van der Waals surface area contributed by atoms with Gasteiger partial charge in [-0.3, -0.25) is 0 Å². The number of fused-ring (bicyclic) bond motifs is 1. The Morgan fingerprint density at radius 2 is 1.82 bits per heavy atom. The Hall–Kier alpha value is -3.20. The smallest absolute Gasteiger partial charge is 0.338 e. The maximum absolute atomic E-state index is 13.3. The summed E-state index contributed by atoms with van der Waals surface area (Å²) >= 11 is 3.44. The zero-order valence-electron chi connectivity index (χ0n) is 18.9. The molecular formula is C25H26BrN5O3. The number of halogens is 1. The average molecular weight is 524 g/mol. The molecule has 0 radical (unpaired) electrons. The zero-order valence-corrected chi connectivity index (χ0v) is 20.5. The lowest BCUT2D eigenvalue weighted by Gasteiger charge is -2.29. The summed E-state index contributed by atoms with van der Waals surface area (Å²) < 4.78 is 14.5. The molecule has 0 amide bonds. The lowest BCUT2D eigenvalue weighted by atomic mass is 9.95. The fraction of sp³-hybridized carbons (Fsp3) is 0.360. The van der Waals surface area contributed by atoms with E-state index in [1.54, 1.807) is 4.68 Å². The molecule has 2 heterocycles. The summed E-state index contributed by atoms with van der Waals surface area (Å²) in [5, 5.41) is 15.1. The molecule has 34 heavy (non-hydrogen) atoms. The number of ether oxygens (including phenoxy) is 2. The van der Waals surface area contributed by atoms with E-state index >= 15 is 0 Å². The number of anilines is 1. The molecule has 2 aromatic carbocycles. The predicted octanol–water partition coefficient (Wildman–Crippen LogP) is 5.18. The van der Waals surface area contributed by atoms with Gasteiger partial charge >= 0.3 is 5.97 Å². The highest BCUT2D eigenvalue weighted by molar-refractivity contribution is 9.10. The summed E-state index contributed by atoms with van der Waals surface area (Å²) in [7, 11) is 0. The first-order chi connectivity index (χ1) is 16.6. The number of tetrazole rings is 1. The van der Waals surface area contributed by atoms with Crippen LogP contribution in [0.15, 0.2) is 64.3 Å². The number of nitrogens with one attached hydrogen (secondary N) is 1. The topological polar surface area (TPSA) is 91.2 Å². The second-order valence-corrected chi connectivity index (χ2v) is 9.58. The van der Waals surface area contributed by atoms with E-state index in [0.29, 0.717) is 23.8 Å². The monoisotopic (exact) mass is 523 g/mol. The Balaban J connectivity index is 1.37. The number of benzene rings is 2. The van der Waals surface area contributed by atoms with Gasteiger partial charge in [-0.25, -0.2) is 4.79 Å². The van der Waals surface area contributed by atoms with Crippen LogP contribution in [0.3, 0.4) is 0 Å². The maximum Gasteiger partial charge on any atom is 0.338 e.